The van der Waals surface area contributed by atoms with Crippen LogP contribution in [-0.2, 0) is 6.42 Å². The van der Waals surface area contributed by atoms with Crippen LogP contribution in [0.2, 0.25) is 0 Å². The van der Waals surface area contributed by atoms with E-state index in [1.54, 1.807) is 18.0 Å². The average Bonchev–Trinajstić information content (AvgIpc) is 3.26. The van der Waals surface area contributed by atoms with Gasteiger partial charge in [0.05, 0.1) is 29.1 Å². The summed E-state index contributed by atoms with van der Waals surface area (Å²) in [6.45, 7) is 1.75. The fourth-order valence-corrected chi connectivity index (χ4v) is 4.53. The Kier molecular flexibility index (Phi) is 3.97. The first kappa shape index (κ1) is 16.9. The maximum Gasteiger partial charge on any atom is 0.179 e. The van der Waals surface area contributed by atoms with Crippen molar-refractivity contribution < 1.29 is 18.9 Å². The lowest BCUT2D eigenvalue weighted by Gasteiger charge is -2.20. The van der Waals surface area contributed by atoms with E-state index < -0.39 is 0 Å². The summed E-state index contributed by atoms with van der Waals surface area (Å²) >= 11 is 1.64. The summed E-state index contributed by atoms with van der Waals surface area (Å²) in [6.07, 6.45) is 5.51. The first-order valence-corrected chi connectivity index (χ1v) is 10.5. The van der Waals surface area contributed by atoms with Crippen molar-refractivity contribution in [1.29, 1.82) is 0 Å². The molecule has 3 aliphatic heterocycles. The Balaban J connectivity index is 1.52. The van der Waals surface area contributed by atoms with Crippen molar-refractivity contribution in [3.8, 4) is 45.8 Å². The number of thioether (sulfide) groups is 1. The molecular formula is C21H17N3O4S. The van der Waals surface area contributed by atoms with Crippen molar-refractivity contribution in [2.24, 2.45) is 0 Å². The maximum atomic E-state index is 5.96. The Bertz CT molecular complexity index is 1120. The number of rotatable bonds is 2. The molecule has 0 saturated heterocycles. The molecule has 0 spiro atoms. The van der Waals surface area contributed by atoms with Gasteiger partial charge in [-0.15, -0.1) is 0 Å². The molecule has 0 aromatic carbocycles. The Hall–Kier alpha value is -3.00. The molecule has 6 rings (SSSR count). The number of aromatic nitrogens is 3. The second-order valence-electron chi connectivity index (χ2n) is 6.90. The van der Waals surface area contributed by atoms with Gasteiger partial charge in [0.15, 0.2) is 17.2 Å². The van der Waals surface area contributed by atoms with Crippen LogP contribution in [0, 0.1) is 0 Å². The minimum Gasteiger partial charge on any atom is -0.491 e. The van der Waals surface area contributed by atoms with Gasteiger partial charge in [-0.05, 0) is 30.5 Å². The Morgan fingerprint density at radius 3 is 2.72 bits per heavy atom. The fourth-order valence-electron chi connectivity index (χ4n) is 3.75. The third kappa shape index (κ3) is 2.86. The lowest BCUT2D eigenvalue weighted by Crippen LogP contribution is -2.15. The van der Waals surface area contributed by atoms with Crippen LogP contribution in [0.25, 0.3) is 22.8 Å². The summed E-state index contributed by atoms with van der Waals surface area (Å²) in [5.74, 6) is 3.45. The molecule has 3 aromatic rings. The van der Waals surface area contributed by atoms with Crippen LogP contribution in [0.15, 0.2) is 35.5 Å². The molecule has 0 bridgehead atoms. The number of hydrogen-bond donors (Lipinski definition) is 0. The molecule has 0 amide bonds. The monoisotopic (exact) mass is 407 g/mol. The second-order valence-corrected chi connectivity index (χ2v) is 7.87. The van der Waals surface area contributed by atoms with Gasteiger partial charge in [0, 0.05) is 12.3 Å². The molecule has 3 aliphatic rings. The topological polar surface area (TPSA) is 75.6 Å². The zero-order valence-electron chi connectivity index (χ0n) is 15.5. The summed E-state index contributed by atoms with van der Waals surface area (Å²) in [7, 11) is 0. The quantitative estimate of drug-likeness (QED) is 0.636. The van der Waals surface area contributed by atoms with Crippen LogP contribution in [0.5, 0.6) is 23.0 Å². The highest BCUT2D eigenvalue weighted by atomic mass is 32.2. The van der Waals surface area contributed by atoms with Gasteiger partial charge in [-0.3, -0.25) is 9.97 Å². The number of pyridine rings is 3. The van der Waals surface area contributed by atoms with Crippen LogP contribution in [0.4, 0.5) is 0 Å². The maximum absolute atomic E-state index is 5.96. The molecule has 0 fully saturated rings. The van der Waals surface area contributed by atoms with Crippen LogP contribution in [0.1, 0.15) is 12.0 Å². The minimum atomic E-state index is 0.520. The van der Waals surface area contributed by atoms with Crippen molar-refractivity contribution >= 4 is 11.8 Å². The molecule has 146 valence electrons. The minimum absolute atomic E-state index is 0.520. The molecule has 8 heteroatoms. The predicted molar refractivity (Wildman–Crippen MR) is 107 cm³/mol. The molecule has 0 radical (unpaired) electrons. The highest BCUT2D eigenvalue weighted by Gasteiger charge is 2.26. The first-order chi connectivity index (χ1) is 14.4. The predicted octanol–water partition coefficient (Wildman–Crippen LogP) is 3.74. The molecule has 0 aliphatic carbocycles. The molecule has 7 nitrogen and oxygen atoms in total. The smallest absolute Gasteiger partial charge is 0.179 e. The Morgan fingerprint density at radius 1 is 0.828 bits per heavy atom. The number of fused-ring (bicyclic) bond motifs is 3. The zero-order valence-corrected chi connectivity index (χ0v) is 16.3. The summed E-state index contributed by atoms with van der Waals surface area (Å²) < 4.78 is 23.1. The highest BCUT2D eigenvalue weighted by Crippen LogP contribution is 2.46. The highest BCUT2D eigenvalue weighted by molar-refractivity contribution is 7.99. The van der Waals surface area contributed by atoms with Crippen LogP contribution >= 0.6 is 11.8 Å². The third-order valence-electron chi connectivity index (χ3n) is 5.09. The fraction of sp³-hybridized carbons (Fsp3) is 0.286. The van der Waals surface area contributed by atoms with Crippen molar-refractivity contribution in [1.82, 2.24) is 15.0 Å². The van der Waals surface area contributed by atoms with Crippen LogP contribution < -0.4 is 18.9 Å². The van der Waals surface area contributed by atoms with E-state index in [0.717, 1.165) is 40.6 Å². The van der Waals surface area contributed by atoms with Gasteiger partial charge in [-0.2, -0.15) is 0 Å². The van der Waals surface area contributed by atoms with Gasteiger partial charge < -0.3 is 18.9 Å². The van der Waals surface area contributed by atoms with E-state index in [4.69, 9.17) is 23.9 Å². The number of nitrogens with zero attached hydrogens (tertiary/aromatic N) is 3. The largest absolute Gasteiger partial charge is 0.491 e. The van der Waals surface area contributed by atoms with E-state index in [-0.39, 0.29) is 0 Å². The van der Waals surface area contributed by atoms with Gasteiger partial charge in [-0.1, -0.05) is 11.8 Å². The molecule has 3 aromatic heterocycles. The summed E-state index contributed by atoms with van der Waals surface area (Å²) in [6, 6.07) is 5.90. The lowest BCUT2D eigenvalue weighted by atomic mass is 10.0. The molecule has 6 heterocycles. The summed E-state index contributed by atoms with van der Waals surface area (Å²) in [5, 5.41) is 0. The average molecular weight is 407 g/mol. The lowest BCUT2D eigenvalue weighted by molar-refractivity contribution is 0.171. The molecule has 0 atom stereocenters. The van der Waals surface area contributed by atoms with Gasteiger partial charge in [0.25, 0.3) is 0 Å². The molecular weight excluding hydrogens is 390 g/mol. The van der Waals surface area contributed by atoms with E-state index in [1.807, 2.05) is 24.4 Å². The summed E-state index contributed by atoms with van der Waals surface area (Å²) in [5.41, 5.74) is 4.05. The SMILES string of the molecule is c1cc2c(c(-c3cc4c(c(-c5cc6c(cn5)OCCO6)n3)OCS4)n1)OCCC2. The van der Waals surface area contributed by atoms with Gasteiger partial charge in [0.1, 0.15) is 36.3 Å². The van der Waals surface area contributed by atoms with Crippen molar-refractivity contribution in [3.63, 3.8) is 0 Å². The van der Waals surface area contributed by atoms with E-state index in [9.17, 15) is 0 Å². The molecule has 0 unspecified atom stereocenters. The third-order valence-corrected chi connectivity index (χ3v) is 5.94. The standard InChI is InChI=1S/C21H17N3O4S/c1-2-12-3-4-22-18(20(12)27-5-1)14-9-17-21(28-11-29-17)19(24-14)13-8-15-16(10-23-13)26-7-6-25-15/h3-4,8-10H,1-2,5-7,11H2. The van der Waals surface area contributed by atoms with E-state index in [1.165, 1.54) is 5.56 Å². The van der Waals surface area contributed by atoms with Crippen molar-refractivity contribution in [2.75, 3.05) is 25.8 Å². The Labute approximate surface area is 171 Å². The van der Waals surface area contributed by atoms with E-state index >= 15 is 0 Å². The van der Waals surface area contributed by atoms with Crippen LogP contribution in [0.3, 0.4) is 0 Å². The van der Waals surface area contributed by atoms with Gasteiger partial charge in [0.2, 0.25) is 0 Å². The second kappa shape index (κ2) is 6.81. The molecule has 0 N–H and O–H groups in total. The summed E-state index contributed by atoms with van der Waals surface area (Å²) in [4.78, 5) is 15.1. The van der Waals surface area contributed by atoms with Gasteiger partial charge >= 0.3 is 0 Å². The first-order valence-electron chi connectivity index (χ1n) is 9.54. The molecule has 29 heavy (non-hydrogen) atoms. The van der Waals surface area contributed by atoms with E-state index in [2.05, 4.69) is 9.97 Å². The van der Waals surface area contributed by atoms with E-state index in [0.29, 0.717) is 48.6 Å². The number of hydrogen-bond acceptors (Lipinski definition) is 8. The number of ether oxygens (including phenoxy) is 4. The van der Waals surface area contributed by atoms with Gasteiger partial charge in [-0.25, -0.2) is 4.98 Å². The normalized spacial score (nSPS) is 16.4. The number of aryl methyl sites for hydroxylation is 1. The Morgan fingerprint density at radius 2 is 1.76 bits per heavy atom. The van der Waals surface area contributed by atoms with Crippen molar-refractivity contribution in [2.45, 2.75) is 17.7 Å². The van der Waals surface area contributed by atoms with Crippen LogP contribution in [-0.4, -0.2) is 40.7 Å². The van der Waals surface area contributed by atoms with Crippen molar-refractivity contribution in [3.05, 3.63) is 36.2 Å². The zero-order chi connectivity index (χ0) is 19.2. The molecule has 0 saturated carbocycles.